The van der Waals surface area contributed by atoms with Gasteiger partial charge < -0.3 is 20.4 Å². The Hall–Kier alpha value is -2.90. The molecule has 0 radical (unpaired) electrons. The van der Waals surface area contributed by atoms with Gasteiger partial charge in [-0.2, -0.15) is 0 Å². The van der Waals surface area contributed by atoms with Crippen molar-refractivity contribution in [3.8, 4) is 0 Å². The second-order valence-corrected chi connectivity index (χ2v) is 9.52. The third-order valence-corrected chi connectivity index (χ3v) is 6.72. The van der Waals surface area contributed by atoms with Gasteiger partial charge >= 0.3 is 5.97 Å². The van der Waals surface area contributed by atoms with Crippen molar-refractivity contribution < 1.29 is 24.6 Å². The first-order valence-corrected chi connectivity index (χ1v) is 11.3. The zero-order valence-electron chi connectivity index (χ0n) is 19.0. The van der Waals surface area contributed by atoms with E-state index in [1.165, 1.54) is 24.3 Å². The minimum Gasteiger partial charge on any atom is -0.478 e. The molecule has 0 aliphatic carbocycles. The van der Waals surface area contributed by atoms with E-state index >= 15 is 0 Å². The Labute approximate surface area is 198 Å². The molecule has 1 heterocycles. The highest BCUT2D eigenvalue weighted by atomic mass is 35.5. The van der Waals surface area contributed by atoms with E-state index in [-0.39, 0.29) is 17.0 Å². The van der Waals surface area contributed by atoms with Crippen molar-refractivity contribution in [3.05, 3.63) is 70.2 Å². The lowest BCUT2D eigenvalue weighted by atomic mass is 9.66. The third kappa shape index (κ3) is 5.04. The van der Waals surface area contributed by atoms with Crippen molar-refractivity contribution in [1.29, 1.82) is 0 Å². The van der Waals surface area contributed by atoms with Crippen LogP contribution in [0.1, 0.15) is 59.9 Å². The molecule has 7 nitrogen and oxygen atoms in total. The number of hydrogen-bond donors (Lipinski definition) is 3. The minimum atomic E-state index is -1.13. The number of nitrogens with zero attached hydrogens (tertiary/aromatic N) is 1. The van der Waals surface area contributed by atoms with Crippen LogP contribution in [0.4, 0.5) is 0 Å². The normalized spacial score (nSPS) is 20.7. The fourth-order valence-electron chi connectivity index (χ4n) is 4.36. The van der Waals surface area contributed by atoms with Gasteiger partial charge in [-0.3, -0.25) is 9.59 Å². The number of amides is 2. The van der Waals surface area contributed by atoms with Gasteiger partial charge in [-0.25, -0.2) is 4.79 Å². The van der Waals surface area contributed by atoms with E-state index in [0.29, 0.717) is 31.0 Å². The molecule has 0 spiro atoms. The maximum Gasteiger partial charge on any atom is 0.335 e. The van der Waals surface area contributed by atoms with Gasteiger partial charge in [0.2, 0.25) is 5.91 Å². The van der Waals surface area contributed by atoms with Crippen LogP contribution in [0.15, 0.2) is 48.5 Å². The number of carboxylic acids is 1. The summed E-state index contributed by atoms with van der Waals surface area (Å²) in [5.41, 5.74) is -0.843. The lowest BCUT2D eigenvalue weighted by Gasteiger charge is -2.51. The number of rotatable bonds is 6. The van der Waals surface area contributed by atoms with Crippen LogP contribution < -0.4 is 5.32 Å². The Kier molecular flexibility index (Phi) is 7.14. The molecule has 2 atom stereocenters. The fourth-order valence-corrected chi connectivity index (χ4v) is 4.49. The van der Waals surface area contributed by atoms with Gasteiger partial charge in [-0.05, 0) is 48.7 Å². The highest BCUT2D eigenvalue weighted by molar-refractivity contribution is 6.30. The van der Waals surface area contributed by atoms with Crippen LogP contribution in [0.5, 0.6) is 0 Å². The summed E-state index contributed by atoms with van der Waals surface area (Å²) in [4.78, 5) is 38.8. The summed E-state index contributed by atoms with van der Waals surface area (Å²) in [5.74, 6) is -1.87. The molecule has 1 saturated heterocycles. The lowest BCUT2D eigenvalue weighted by Crippen LogP contribution is -2.59. The number of carbonyl (C=O) groups excluding carboxylic acids is 2. The van der Waals surface area contributed by atoms with E-state index in [0.717, 1.165) is 5.56 Å². The van der Waals surface area contributed by atoms with E-state index in [1.807, 2.05) is 26.0 Å². The number of aromatic carboxylic acids is 1. The average molecular weight is 473 g/mol. The van der Waals surface area contributed by atoms with Crippen molar-refractivity contribution in [2.45, 2.75) is 45.3 Å². The number of carbonyl (C=O) groups is 3. The zero-order chi connectivity index (χ0) is 24.4. The molecule has 1 fully saturated rings. The van der Waals surface area contributed by atoms with Gasteiger partial charge in [0.05, 0.1) is 11.2 Å². The molecule has 0 bridgehead atoms. The van der Waals surface area contributed by atoms with Gasteiger partial charge in [0.25, 0.3) is 5.91 Å². The summed E-state index contributed by atoms with van der Waals surface area (Å²) in [6.07, 6.45) is 0.722. The van der Waals surface area contributed by atoms with Crippen LogP contribution in [-0.2, 0) is 10.4 Å². The number of benzene rings is 2. The van der Waals surface area contributed by atoms with Gasteiger partial charge in [0.15, 0.2) is 0 Å². The summed E-state index contributed by atoms with van der Waals surface area (Å²) in [6.45, 7) is 6.28. The van der Waals surface area contributed by atoms with Crippen LogP contribution in [0.25, 0.3) is 0 Å². The molecule has 8 heteroatoms. The van der Waals surface area contributed by atoms with Crippen molar-refractivity contribution in [3.63, 3.8) is 0 Å². The highest BCUT2D eigenvalue weighted by Crippen LogP contribution is 2.46. The van der Waals surface area contributed by atoms with Gasteiger partial charge in [-0.1, -0.05) is 50.6 Å². The van der Waals surface area contributed by atoms with Gasteiger partial charge in [-0.15, -0.1) is 0 Å². The average Bonchev–Trinajstić information content (AvgIpc) is 2.79. The number of piperidine rings is 1. The molecule has 33 heavy (non-hydrogen) atoms. The molecule has 0 saturated carbocycles. The number of halogens is 1. The second-order valence-electron chi connectivity index (χ2n) is 9.08. The first-order valence-electron chi connectivity index (χ1n) is 10.9. The first kappa shape index (κ1) is 24.7. The van der Waals surface area contributed by atoms with Crippen LogP contribution in [-0.4, -0.2) is 52.0 Å². The van der Waals surface area contributed by atoms with Crippen LogP contribution in [0, 0.1) is 5.41 Å². The monoisotopic (exact) mass is 472 g/mol. The molecular formula is C25H29ClN2O5. The number of nitrogens with one attached hydrogen (secondary N) is 1. The van der Waals surface area contributed by atoms with E-state index < -0.39 is 28.9 Å². The summed E-state index contributed by atoms with van der Waals surface area (Å²) in [5, 5.41) is 24.0. The molecule has 2 amide bonds. The number of likely N-dealkylation sites (tertiary alicyclic amines) is 1. The van der Waals surface area contributed by atoms with E-state index in [2.05, 4.69) is 5.32 Å². The number of hydrogen-bond acceptors (Lipinski definition) is 4. The predicted octanol–water partition coefficient (Wildman–Crippen LogP) is 3.69. The van der Waals surface area contributed by atoms with E-state index in [4.69, 9.17) is 16.7 Å². The molecule has 3 rings (SSSR count). The van der Waals surface area contributed by atoms with Crippen LogP contribution in [0.2, 0.25) is 5.02 Å². The molecule has 1 aliphatic heterocycles. The van der Waals surface area contributed by atoms with Crippen LogP contribution >= 0.6 is 11.6 Å². The summed E-state index contributed by atoms with van der Waals surface area (Å²) >= 11 is 5.99. The van der Waals surface area contributed by atoms with Crippen LogP contribution in [0.3, 0.4) is 0 Å². The van der Waals surface area contributed by atoms with Gasteiger partial charge in [0.1, 0.15) is 6.04 Å². The quantitative estimate of drug-likeness (QED) is 0.594. The largest absolute Gasteiger partial charge is 0.478 e. The Morgan fingerprint density at radius 2 is 1.76 bits per heavy atom. The first-order chi connectivity index (χ1) is 15.5. The molecule has 1 aliphatic rings. The summed E-state index contributed by atoms with van der Waals surface area (Å²) < 4.78 is 0. The van der Waals surface area contributed by atoms with Gasteiger partial charge in [0, 0.05) is 29.1 Å². The Morgan fingerprint density at radius 3 is 2.33 bits per heavy atom. The topological polar surface area (TPSA) is 107 Å². The highest BCUT2D eigenvalue weighted by Gasteiger charge is 2.50. The van der Waals surface area contributed by atoms with Crippen molar-refractivity contribution in [2.75, 3.05) is 13.1 Å². The maximum absolute atomic E-state index is 13.3. The summed E-state index contributed by atoms with van der Waals surface area (Å²) in [6, 6.07) is 12.0. The molecule has 0 aromatic heterocycles. The predicted molar refractivity (Wildman–Crippen MR) is 125 cm³/mol. The fraction of sp³-hybridized carbons (Fsp3) is 0.400. The summed E-state index contributed by atoms with van der Waals surface area (Å²) in [7, 11) is 0. The molecule has 2 aromatic rings. The van der Waals surface area contributed by atoms with Crippen molar-refractivity contribution >= 4 is 29.4 Å². The Bertz CT molecular complexity index is 1050. The number of aliphatic hydroxyl groups is 1. The molecular weight excluding hydrogens is 444 g/mol. The van der Waals surface area contributed by atoms with E-state index in [1.54, 1.807) is 24.0 Å². The third-order valence-electron chi connectivity index (χ3n) is 6.47. The zero-order valence-corrected chi connectivity index (χ0v) is 19.7. The van der Waals surface area contributed by atoms with E-state index in [9.17, 15) is 19.5 Å². The standard InChI is InChI=1S/C25H29ClN2O5/c1-4-20(27-21(29)16-6-5-7-17(14-16)23(31)32)22(30)28-13-12-25(33,24(2,3)15-28)18-8-10-19(26)11-9-18/h5-11,14,20,33H,4,12-13,15H2,1-3H3,(H,27,29)(H,31,32). The molecule has 3 N–H and O–H groups in total. The Morgan fingerprint density at radius 1 is 1.12 bits per heavy atom. The number of carboxylic acid groups (broad SMARTS) is 1. The molecule has 2 aromatic carbocycles. The molecule has 2 unspecified atom stereocenters. The van der Waals surface area contributed by atoms with Crippen molar-refractivity contribution in [1.82, 2.24) is 10.2 Å². The SMILES string of the molecule is CCC(NC(=O)c1cccc(C(=O)O)c1)C(=O)N1CCC(O)(c2ccc(Cl)cc2)C(C)(C)C1. The molecule has 176 valence electrons. The Balaban J connectivity index is 1.73. The lowest BCUT2D eigenvalue weighted by molar-refractivity contribution is -0.154. The van der Waals surface area contributed by atoms with Crippen molar-refractivity contribution in [2.24, 2.45) is 5.41 Å². The minimum absolute atomic E-state index is 0.00119. The smallest absolute Gasteiger partial charge is 0.335 e. The second kappa shape index (κ2) is 9.53. The maximum atomic E-state index is 13.3.